The lowest BCUT2D eigenvalue weighted by Gasteiger charge is -2.35. The van der Waals surface area contributed by atoms with Gasteiger partial charge in [0.2, 0.25) is 0 Å². The van der Waals surface area contributed by atoms with Crippen molar-refractivity contribution in [2.45, 2.75) is 13.8 Å². The number of hydrogen-bond acceptors (Lipinski definition) is 11. The summed E-state index contributed by atoms with van der Waals surface area (Å²) in [6.45, 7) is 9.50. The van der Waals surface area contributed by atoms with E-state index in [9.17, 15) is 4.79 Å². The Morgan fingerprint density at radius 1 is 1.27 bits per heavy atom. The van der Waals surface area contributed by atoms with Crippen LogP contribution in [0.3, 0.4) is 0 Å². The molecule has 1 N–H and O–H groups in total. The molecular formula is C19H28N6O4S. The molecule has 0 unspecified atom stereocenters. The lowest BCUT2D eigenvalue weighted by atomic mass is 10.3. The van der Waals surface area contributed by atoms with Gasteiger partial charge in [-0.05, 0) is 13.8 Å². The molecule has 3 rings (SSSR count). The van der Waals surface area contributed by atoms with E-state index in [4.69, 9.17) is 14.2 Å². The first-order valence-electron chi connectivity index (χ1n) is 9.88. The molecule has 2 aromatic heterocycles. The van der Waals surface area contributed by atoms with Crippen LogP contribution < -0.4 is 10.2 Å². The van der Waals surface area contributed by atoms with Gasteiger partial charge in [0.1, 0.15) is 29.1 Å². The maximum atomic E-state index is 11.8. The molecule has 1 aliphatic heterocycles. The zero-order valence-corrected chi connectivity index (χ0v) is 18.4. The van der Waals surface area contributed by atoms with Crippen LogP contribution in [-0.2, 0) is 14.2 Å². The van der Waals surface area contributed by atoms with E-state index in [-0.39, 0.29) is 5.97 Å². The van der Waals surface area contributed by atoms with Crippen molar-refractivity contribution in [1.29, 1.82) is 0 Å². The highest BCUT2D eigenvalue weighted by Crippen LogP contribution is 2.24. The first kappa shape index (κ1) is 22.3. The Balaban J connectivity index is 1.57. The number of hydrogen-bond donors (Lipinski definition) is 1. The summed E-state index contributed by atoms with van der Waals surface area (Å²) in [6.07, 6.45) is 1.51. The number of carbonyl (C=O) groups is 1. The number of nitrogens with one attached hydrogen (secondary N) is 1. The fraction of sp³-hybridized carbons (Fsp3) is 0.579. The second-order valence-electron chi connectivity index (χ2n) is 6.68. The summed E-state index contributed by atoms with van der Waals surface area (Å²) in [5, 5.41) is 3.76. The van der Waals surface area contributed by atoms with Gasteiger partial charge in [0.25, 0.3) is 0 Å². The lowest BCUT2D eigenvalue weighted by Crippen LogP contribution is -2.47. The van der Waals surface area contributed by atoms with Gasteiger partial charge in [0, 0.05) is 45.9 Å². The number of ether oxygens (including phenoxy) is 3. The number of thiazole rings is 1. The van der Waals surface area contributed by atoms with Crippen molar-refractivity contribution in [2.24, 2.45) is 0 Å². The number of methoxy groups -OCH3 is 1. The summed E-state index contributed by atoms with van der Waals surface area (Å²) in [6, 6.07) is 1.91. The zero-order valence-electron chi connectivity index (χ0n) is 17.6. The molecule has 0 bridgehead atoms. The molecule has 0 atom stereocenters. The van der Waals surface area contributed by atoms with Crippen molar-refractivity contribution < 1.29 is 19.0 Å². The summed E-state index contributed by atoms with van der Waals surface area (Å²) >= 11 is 1.24. The third kappa shape index (κ3) is 6.33. The summed E-state index contributed by atoms with van der Waals surface area (Å²) in [7, 11) is 1.62. The molecule has 0 spiro atoms. The highest BCUT2D eigenvalue weighted by atomic mass is 32.1. The number of nitrogens with zero attached hydrogens (tertiary/aromatic N) is 5. The fourth-order valence-electron chi connectivity index (χ4n) is 3.05. The maximum Gasteiger partial charge on any atom is 0.350 e. The number of carbonyl (C=O) groups excluding carboxylic acids is 1. The number of aryl methyl sites for hydroxylation is 1. The van der Waals surface area contributed by atoms with Crippen molar-refractivity contribution in [3.05, 3.63) is 23.0 Å². The average molecular weight is 437 g/mol. The number of aromatic nitrogens is 3. The highest BCUT2D eigenvalue weighted by molar-refractivity contribution is 7.17. The minimum atomic E-state index is -0.368. The summed E-state index contributed by atoms with van der Waals surface area (Å²) in [5.41, 5.74) is 0. The van der Waals surface area contributed by atoms with E-state index in [0.29, 0.717) is 41.7 Å². The maximum absolute atomic E-state index is 11.8. The van der Waals surface area contributed by atoms with E-state index in [1.807, 2.05) is 13.0 Å². The Kier molecular flexibility index (Phi) is 8.31. The molecule has 10 nitrogen and oxygen atoms in total. The van der Waals surface area contributed by atoms with Crippen LogP contribution in [0.2, 0.25) is 0 Å². The van der Waals surface area contributed by atoms with Gasteiger partial charge in [0.15, 0.2) is 5.13 Å². The molecule has 1 saturated heterocycles. The van der Waals surface area contributed by atoms with Crippen LogP contribution in [0.5, 0.6) is 0 Å². The molecule has 30 heavy (non-hydrogen) atoms. The Morgan fingerprint density at radius 2 is 2.07 bits per heavy atom. The van der Waals surface area contributed by atoms with Crippen molar-refractivity contribution in [2.75, 3.05) is 70.1 Å². The average Bonchev–Trinajstić information content (AvgIpc) is 3.20. The number of anilines is 3. The first-order valence-corrected chi connectivity index (χ1v) is 10.7. The van der Waals surface area contributed by atoms with Crippen LogP contribution in [0, 0.1) is 6.92 Å². The molecule has 0 aliphatic carbocycles. The SMILES string of the molecule is CCOC(=O)c1cnc(Nc2cc(N3CCN(CCOCOC)CC3)nc(C)n2)s1. The van der Waals surface area contributed by atoms with Crippen LogP contribution in [-0.4, -0.2) is 85.7 Å². The normalized spacial score (nSPS) is 14.7. The molecular weight excluding hydrogens is 408 g/mol. The van der Waals surface area contributed by atoms with E-state index >= 15 is 0 Å². The molecule has 3 heterocycles. The molecule has 0 amide bonds. The van der Waals surface area contributed by atoms with E-state index in [2.05, 4.69) is 30.1 Å². The molecule has 0 radical (unpaired) electrons. The number of esters is 1. The topological polar surface area (TPSA) is 102 Å². The van der Waals surface area contributed by atoms with Crippen molar-refractivity contribution >= 4 is 34.1 Å². The van der Waals surface area contributed by atoms with Crippen LogP contribution in [0.15, 0.2) is 12.3 Å². The van der Waals surface area contributed by atoms with E-state index < -0.39 is 0 Å². The predicted octanol–water partition coefficient (Wildman–Crippen LogP) is 1.90. The lowest BCUT2D eigenvalue weighted by molar-refractivity contribution is -0.0367. The quantitative estimate of drug-likeness (QED) is 0.337. The van der Waals surface area contributed by atoms with E-state index in [1.165, 1.54) is 17.5 Å². The van der Waals surface area contributed by atoms with Gasteiger partial charge in [0.05, 0.1) is 19.4 Å². The Morgan fingerprint density at radius 3 is 2.80 bits per heavy atom. The Hall–Kier alpha value is -2.34. The zero-order chi connectivity index (χ0) is 21.3. The molecule has 0 saturated carbocycles. The minimum Gasteiger partial charge on any atom is -0.462 e. The van der Waals surface area contributed by atoms with Crippen molar-refractivity contribution in [3.8, 4) is 0 Å². The van der Waals surface area contributed by atoms with Crippen LogP contribution in [0.4, 0.5) is 16.8 Å². The summed E-state index contributed by atoms with van der Waals surface area (Å²) in [5.74, 6) is 1.83. The molecule has 11 heteroatoms. The highest BCUT2D eigenvalue weighted by Gasteiger charge is 2.19. The van der Waals surface area contributed by atoms with E-state index in [0.717, 1.165) is 38.5 Å². The van der Waals surface area contributed by atoms with Crippen molar-refractivity contribution in [1.82, 2.24) is 19.9 Å². The van der Waals surface area contributed by atoms with E-state index in [1.54, 1.807) is 14.0 Å². The van der Waals surface area contributed by atoms with Gasteiger partial charge < -0.3 is 24.4 Å². The molecule has 1 fully saturated rings. The monoisotopic (exact) mass is 436 g/mol. The van der Waals surface area contributed by atoms with Crippen LogP contribution >= 0.6 is 11.3 Å². The van der Waals surface area contributed by atoms with Crippen LogP contribution in [0.1, 0.15) is 22.4 Å². The van der Waals surface area contributed by atoms with Gasteiger partial charge >= 0.3 is 5.97 Å². The molecule has 1 aliphatic rings. The number of piperazine rings is 1. The summed E-state index contributed by atoms with van der Waals surface area (Å²) < 4.78 is 15.3. The standard InChI is InChI=1S/C19H28N6O4S/c1-4-29-18(26)15-12-20-19(30-15)23-16-11-17(22-14(2)21-16)25-7-5-24(6-8-25)9-10-28-13-27-3/h11-12H,4-10,13H2,1-3H3,(H,20,21,22,23). The van der Waals surface area contributed by atoms with Gasteiger partial charge in [-0.15, -0.1) is 0 Å². The van der Waals surface area contributed by atoms with Gasteiger partial charge in [-0.2, -0.15) is 0 Å². The van der Waals surface area contributed by atoms with Gasteiger partial charge in [-0.1, -0.05) is 11.3 Å². The largest absolute Gasteiger partial charge is 0.462 e. The molecule has 164 valence electrons. The third-order valence-electron chi connectivity index (χ3n) is 4.49. The Bertz CT molecular complexity index is 825. The fourth-order valence-corrected chi connectivity index (χ4v) is 3.77. The predicted molar refractivity (Wildman–Crippen MR) is 115 cm³/mol. The van der Waals surface area contributed by atoms with Crippen molar-refractivity contribution in [3.63, 3.8) is 0 Å². The number of rotatable bonds is 10. The Labute approximate surface area is 180 Å². The minimum absolute atomic E-state index is 0.330. The first-order chi connectivity index (χ1) is 14.6. The molecule has 2 aromatic rings. The third-order valence-corrected chi connectivity index (χ3v) is 5.38. The second-order valence-corrected chi connectivity index (χ2v) is 7.71. The molecule has 0 aromatic carbocycles. The van der Waals surface area contributed by atoms with Gasteiger partial charge in [-0.25, -0.2) is 19.7 Å². The van der Waals surface area contributed by atoms with Gasteiger partial charge in [-0.3, -0.25) is 4.90 Å². The second kappa shape index (κ2) is 11.2. The smallest absolute Gasteiger partial charge is 0.350 e. The van der Waals surface area contributed by atoms with Crippen LogP contribution in [0.25, 0.3) is 0 Å². The summed E-state index contributed by atoms with van der Waals surface area (Å²) in [4.78, 5) is 30.2.